The number of rotatable bonds is 48. The molecule has 0 bridgehead atoms. The lowest BCUT2D eigenvalue weighted by Gasteiger charge is -2.18. The Morgan fingerprint density at radius 3 is 0.915 bits per heavy atom. The van der Waals surface area contributed by atoms with Gasteiger partial charge in [-0.25, -0.2) is 0 Å². The molecule has 0 rings (SSSR count). The zero-order chi connectivity index (χ0) is 43.0. The molecule has 0 saturated carbocycles. The molecule has 1 unspecified atom stereocenters. The van der Waals surface area contributed by atoms with Gasteiger partial charge in [-0.2, -0.15) is 0 Å². The van der Waals surface area contributed by atoms with E-state index >= 15 is 0 Å². The maximum absolute atomic E-state index is 12.7. The maximum Gasteiger partial charge on any atom is 0.306 e. The molecule has 348 valence electrons. The SMILES string of the molecule is CCC/C=C\CCCCCCCC(=O)OC(COC(=O)CCCCCCCCC)COC(=O)CCCCCCCCCCCCCCCCCCCCCCCCCC. The van der Waals surface area contributed by atoms with Gasteiger partial charge < -0.3 is 14.2 Å². The highest BCUT2D eigenvalue weighted by Crippen LogP contribution is 2.17. The first-order valence-corrected chi connectivity index (χ1v) is 26.2. The maximum atomic E-state index is 12.7. The van der Waals surface area contributed by atoms with E-state index < -0.39 is 6.10 Å². The van der Waals surface area contributed by atoms with Gasteiger partial charge in [0.25, 0.3) is 0 Å². The zero-order valence-corrected chi connectivity index (χ0v) is 39.8. The number of carbonyl (C=O) groups excluding carboxylic acids is 3. The molecule has 0 saturated heterocycles. The fourth-order valence-corrected chi connectivity index (χ4v) is 7.80. The van der Waals surface area contributed by atoms with E-state index in [0.29, 0.717) is 19.3 Å². The minimum Gasteiger partial charge on any atom is -0.462 e. The predicted molar refractivity (Wildman–Crippen MR) is 252 cm³/mol. The summed E-state index contributed by atoms with van der Waals surface area (Å²) >= 11 is 0. The monoisotopic (exact) mass is 833 g/mol. The van der Waals surface area contributed by atoms with E-state index in [9.17, 15) is 14.4 Å². The molecular formula is C53H100O6. The van der Waals surface area contributed by atoms with Crippen LogP contribution in [0.1, 0.15) is 290 Å². The van der Waals surface area contributed by atoms with Crippen LogP contribution in [-0.4, -0.2) is 37.2 Å². The van der Waals surface area contributed by atoms with E-state index in [2.05, 4.69) is 32.9 Å². The van der Waals surface area contributed by atoms with Gasteiger partial charge in [-0.15, -0.1) is 0 Å². The van der Waals surface area contributed by atoms with Gasteiger partial charge in [0.15, 0.2) is 6.10 Å². The van der Waals surface area contributed by atoms with Gasteiger partial charge in [0, 0.05) is 19.3 Å². The molecule has 0 aliphatic carbocycles. The first-order chi connectivity index (χ1) is 29.0. The second kappa shape index (κ2) is 48.8. The normalized spacial score (nSPS) is 12.0. The third-order valence-corrected chi connectivity index (χ3v) is 11.8. The summed E-state index contributed by atoms with van der Waals surface area (Å²) in [5, 5.41) is 0. The number of carbonyl (C=O) groups is 3. The molecule has 0 aliphatic rings. The van der Waals surface area contributed by atoms with Crippen LogP contribution in [0.4, 0.5) is 0 Å². The van der Waals surface area contributed by atoms with Gasteiger partial charge in [-0.1, -0.05) is 245 Å². The molecule has 0 aromatic carbocycles. The summed E-state index contributed by atoms with van der Waals surface area (Å²) in [6, 6.07) is 0. The molecule has 6 heteroatoms. The molecule has 0 aromatic rings. The molecule has 0 amide bonds. The summed E-state index contributed by atoms with van der Waals surface area (Å²) in [5.41, 5.74) is 0. The molecule has 0 N–H and O–H groups in total. The van der Waals surface area contributed by atoms with Crippen molar-refractivity contribution in [3.05, 3.63) is 12.2 Å². The van der Waals surface area contributed by atoms with Crippen molar-refractivity contribution in [3.8, 4) is 0 Å². The van der Waals surface area contributed by atoms with Crippen LogP contribution in [0.3, 0.4) is 0 Å². The summed E-state index contributed by atoms with van der Waals surface area (Å²) in [5.74, 6) is -0.874. The lowest BCUT2D eigenvalue weighted by molar-refractivity contribution is -0.167. The van der Waals surface area contributed by atoms with Crippen molar-refractivity contribution in [2.75, 3.05) is 13.2 Å². The van der Waals surface area contributed by atoms with E-state index in [-0.39, 0.29) is 31.1 Å². The standard InChI is InChI=1S/C53H100O6/c1-4-7-10-13-16-18-20-21-22-23-24-25-26-27-28-29-30-31-32-33-35-37-40-43-46-52(55)58-49-50(48-57-51(54)45-42-39-36-15-12-9-6-3)59-53(56)47-44-41-38-34-19-17-14-11-8-5-2/h11,14,50H,4-10,12-13,15-49H2,1-3H3/b14-11-. The average molecular weight is 833 g/mol. The molecule has 6 nitrogen and oxygen atoms in total. The van der Waals surface area contributed by atoms with Crippen LogP contribution in [0.2, 0.25) is 0 Å². The second-order valence-corrected chi connectivity index (χ2v) is 17.8. The van der Waals surface area contributed by atoms with Crippen molar-refractivity contribution in [1.29, 1.82) is 0 Å². The number of esters is 3. The van der Waals surface area contributed by atoms with Crippen molar-refractivity contribution >= 4 is 17.9 Å². The molecule has 0 aliphatic heterocycles. The van der Waals surface area contributed by atoms with Crippen LogP contribution in [-0.2, 0) is 28.6 Å². The van der Waals surface area contributed by atoms with E-state index in [4.69, 9.17) is 14.2 Å². The molecule has 0 spiro atoms. The lowest BCUT2D eigenvalue weighted by Crippen LogP contribution is -2.30. The first kappa shape index (κ1) is 57.1. The highest BCUT2D eigenvalue weighted by molar-refractivity contribution is 5.71. The zero-order valence-electron chi connectivity index (χ0n) is 39.8. The number of hydrogen-bond donors (Lipinski definition) is 0. The Labute approximate surface area is 367 Å². The Morgan fingerprint density at radius 2 is 0.593 bits per heavy atom. The molecule has 0 radical (unpaired) electrons. The third-order valence-electron chi connectivity index (χ3n) is 11.8. The van der Waals surface area contributed by atoms with Crippen LogP contribution >= 0.6 is 0 Å². The van der Waals surface area contributed by atoms with Crippen molar-refractivity contribution in [3.63, 3.8) is 0 Å². The third kappa shape index (κ3) is 47.1. The van der Waals surface area contributed by atoms with Crippen LogP contribution in [0.25, 0.3) is 0 Å². The van der Waals surface area contributed by atoms with Gasteiger partial charge in [0.1, 0.15) is 13.2 Å². The average Bonchev–Trinajstić information content (AvgIpc) is 3.23. The van der Waals surface area contributed by atoms with Gasteiger partial charge in [-0.05, 0) is 38.5 Å². The number of ether oxygens (including phenoxy) is 3. The van der Waals surface area contributed by atoms with Crippen molar-refractivity contribution in [1.82, 2.24) is 0 Å². The quantitative estimate of drug-likeness (QED) is 0.0263. The number of hydrogen-bond acceptors (Lipinski definition) is 6. The topological polar surface area (TPSA) is 78.9 Å². The molecule has 59 heavy (non-hydrogen) atoms. The molecular weight excluding hydrogens is 733 g/mol. The minimum absolute atomic E-state index is 0.0692. The Kier molecular flexibility index (Phi) is 47.3. The molecule has 0 fully saturated rings. The number of unbranched alkanes of at least 4 members (excludes halogenated alkanes) is 35. The highest BCUT2D eigenvalue weighted by atomic mass is 16.6. The Hall–Kier alpha value is -1.85. The van der Waals surface area contributed by atoms with Crippen LogP contribution < -0.4 is 0 Å². The van der Waals surface area contributed by atoms with E-state index in [1.807, 2.05) is 0 Å². The lowest BCUT2D eigenvalue weighted by atomic mass is 10.0. The van der Waals surface area contributed by atoms with Gasteiger partial charge in [0.05, 0.1) is 0 Å². The molecule has 1 atom stereocenters. The minimum atomic E-state index is -0.765. The predicted octanol–water partition coefficient (Wildman–Crippen LogP) is 17.0. The molecule has 0 heterocycles. The largest absolute Gasteiger partial charge is 0.462 e. The fraction of sp³-hybridized carbons (Fsp3) is 0.906. The van der Waals surface area contributed by atoms with Gasteiger partial charge in [-0.3, -0.25) is 14.4 Å². The fourth-order valence-electron chi connectivity index (χ4n) is 7.80. The highest BCUT2D eigenvalue weighted by Gasteiger charge is 2.19. The van der Waals surface area contributed by atoms with Crippen LogP contribution in [0.15, 0.2) is 12.2 Å². The summed E-state index contributed by atoms with van der Waals surface area (Å²) in [4.78, 5) is 37.7. The Morgan fingerprint density at radius 1 is 0.322 bits per heavy atom. The van der Waals surface area contributed by atoms with Crippen LogP contribution in [0.5, 0.6) is 0 Å². The second-order valence-electron chi connectivity index (χ2n) is 17.8. The van der Waals surface area contributed by atoms with E-state index in [1.165, 1.54) is 180 Å². The van der Waals surface area contributed by atoms with Crippen molar-refractivity contribution < 1.29 is 28.6 Å². The smallest absolute Gasteiger partial charge is 0.306 e. The summed E-state index contributed by atoms with van der Waals surface area (Å²) in [6.45, 7) is 6.56. The number of allylic oxidation sites excluding steroid dienone is 2. The Balaban J connectivity index is 4.03. The summed E-state index contributed by atoms with van der Waals surface area (Å²) < 4.78 is 16.7. The van der Waals surface area contributed by atoms with Crippen molar-refractivity contribution in [2.24, 2.45) is 0 Å². The van der Waals surface area contributed by atoms with E-state index in [0.717, 1.165) is 70.6 Å². The Bertz CT molecular complexity index is 916. The molecule has 0 aromatic heterocycles. The van der Waals surface area contributed by atoms with E-state index in [1.54, 1.807) is 0 Å². The summed E-state index contributed by atoms with van der Waals surface area (Å²) in [7, 11) is 0. The van der Waals surface area contributed by atoms with Gasteiger partial charge >= 0.3 is 17.9 Å². The van der Waals surface area contributed by atoms with Crippen molar-refractivity contribution in [2.45, 2.75) is 297 Å². The first-order valence-electron chi connectivity index (χ1n) is 26.2. The van der Waals surface area contributed by atoms with Gasteiger partial charge in [0.2, 0.25) is 0 Å². The van der Waals surface area contributed by atoms with Crippen LogP contribution in [0, 0.1) is 0 Å². The summed E-state index contributed by atoms with van der Waals surface area (Å²) in [6.07, 6.45) is 53.8.